The number of ketones is 1. The third-order valence-electron chi connectivity index (χ3n) is 8.19. The molecule has 2 aromatic rings. The Hall–Kier alpha value is -2.74. The third kappa shape index (κ3) is 5.63. The van der Waals surface area contributed by atoms with E-state index in [0.29, 0.717) is 46.4 Å². The molecule has 3 aliphatic rings. The molecule has 2 fully saturated rings. The summed E-state index contributed by atoms with van der Waals surface area (Å²) in [6.07, 6.45) is 2.54. The van der Waals surface area contributed by atoms with E-state index >= 15 is 0 Å². The van der Waals surface area contributed by atoms with E-state index in [1.165, 1.54) is 6.92 Å². The summed E-state index contributed by atoms with van der Waals surface area (Å²) in [6, 6.07) is 10.5. The van der Waals surface area contributed by atoms with Crippen LogP contribution in [0.3, 0.4) is 0 Å². The molecular weight excluding hydrogens is 535 g/mol. The Morgan fingerprint density at radius 2 is 1.79 bits per heavy atom. The smallest absolute Gasteiger partial charge is 0.224 e. The average molecular weight is 570 g/mol. The fourth-order valence-electron chi connectivity index (χ4n) is 6.37. The highest BCUT2D eigenvalue weighted by molar-refractivity contribution is 6.35. The fourth-order valence-corrected chi connectivity index (χ4v) is 6.89. The zero-order valence-electron chi connectivity index (χ0n) is 22.5. The van der Waals surface area contributed by atoms with E-state index in [9.17, 15) is 14.4 Å². The molecule has 5 rings (SSSR count). The first kappa shape index (κ1) is 27.8. The normalized spacial score (nSPS) is 23.5. The number of fused-ring (bicyclic) bond motifs is 2. The van der Waals surface area contributed by atoms with Gasteiger partial charge in [-0.1, -0.05) is 49.2 Å². The van der Waals surface area contributed by atoms with Crippen molar-refractivity contribution in [1.82, 2.24) is 4.90 Å². The molecule has 7 nitrogen and oxygen atoms in total. The zero-order valence-corrected chi connectivity index (χ0v) is 24.1. The second-order valence-corrected chi connectivity index (χ2v) is 12.7. The molecule has 0 spiro atoms. The lowest BCUT2D eigenvalue weighted by molar-refractivity contribution is -0.125. The van der Waals surface area contributed by atoms with Gasteiger partial charge in [-0.25, -0.2) is 0 Å². The second kappa shape index (κ2) is 10.7. The van der Waals surface area contributed by atoms with Crippen LogP contribution < -0.4 is 10.6 Å². The predicted molar refractivity (Wildman–Crippen MR) is 155 cm³/mol. The SMILES string of the molecule is CC(=O)N1c2ccc(CN3CCC(C(N)=O)CC3)cc2N=C2CC(C)(C)CC(=O)C2C1c1ccc(Cl)cc1Cl. The van der Waals surface area contributed by atoms with Crippen LogP contribution in [0.25, 0.3) is 0 Å². The van der Waals surface area contributed by atoms with Gasteiger partial charge in [-0.3, -0.25) is 24.3 Å². The van der Waals surface area contributed by atoms with E-state index in [-0.39, 0.29) is 28.9 Å². The number of Topliss-reactive ketones (excluding diaryl/α,β-unsaturated/α-hetero) is 1. The quantitative estimate of drug-likeness (QED) is 0.498. The number of piperidine rings is 1. The van der Waals surface area contributed by atoms with Crippen LogP contribution in [0.4, 0.5) is 11.4 Å². The Morgan fingerprint density at radius 3 is 2.44 bits per heavy atom. The summed E-state index contributed by atoms with van der Waals surface area (Å²) in [5, 5.41) is 0.900. The van der Waals surface area contributed by atoms with Crippen molar-refractivity contribution in [2.45, 2.75) is 59.0 Å². The van der Waals surface area contributed by atoms with Gasteiger partial charge in [-0.15, -0.1) is 0 Å². The number of aliphatic imine (C=N–C) groups is 1. The molecule has 39 heavy (non-hydrogen) atoms. The van der Waals surface area contributed by atoms with Gasteiger partial charge in [-0.05, 0) is 73.2 Å². The standard InChI is InChI=1S/C30H34Cl2N4O3/c1-17(37)36-25-7-4-18(16-35-10-8-19(9-11-35)29(33)39)12-23(25)34-24-14-30(2,3)15-26(38)27(24)28(36)21-6-5-20(31)13-22(21)32/h4-7,12-13,19,27-28H,8-11,14-16H2,1-3H3,(H2,33,39). The summed E-state index contributed by atoms with van der Waals surface area (Å²) in [5.41, 5.74) is 9.10. The minimum absolute atomic E-state index is 0.0534. The van der Waals surface area contributed by atoms with Gasteiger partial charge in [-0.2, -0.15) is 0 Å². The van der Waals surface area contributed by atoms with Crippen LogP contribution >= 0.6 is 23.2 Å². The number of nitrogens with two attached hydrogens (primary N) is 1. The molecule has 2 aromatic carbocycles. The van der Waals surface area contributed by atoms with Crippen molar-refractivity contribution in [3.8, 4) is 0 Å². The number of likely N-dealkylation sites (tertiary alicyclic amines) is 1. The molecule has 1 saturated heterocycles. The number of benzene rings is 2. The van der Waals surface area contributed by atoms with E-state index < -0.39 is 12.0 Å². The minimum atomic E-state index is -0.630. The molecule has 0 radical (unpaired) electrons. The van der Waals surface area contributed by atoms with Crippen LogP contribution in [0.15, 0.2) is 41.4 Å². The first-order valence-corrected chi connectivity index (χ1v) is 14.2. The van der Waals surface area contributed by atoms with Gasteiger partial charge >= 0.3 is 0 Å². The lowest BCUT2D eigenvalue weighted by Gasteiger charge is -2.41. The Kier molecular flexibility index (Phi) is 7.61. The molecule has 2 aliphatic heterocycles. The number of halogens is 2. The number of anilines is 1. The molecule has 9 heteroatoms. The summed E-state index contributed by atoms with van der Waals surface area (Å²) >= 11 is 12.9. The molecule has 1 aliphatic carbocycles. The van der Waals surface area contributed by atoms with Crippen molar-refractivity contribution in [2.75, 3.05) is 18.0 Å². The summed E-state index contributed by atoms with van der Waals surface area (Å²) in [6.45, 7) is 7.95. The van der Waals surface area contributed by atoms with E-state index in [2.05, 4.69) is 18.7 Å². The van der Waals surface area contributed by atoms with Gasteiger partial charge in [0.05, 0.1) is 23.3 Å². The number of hydrogen-bond donors (Lipinski definition) is 1. The molecule has 1 saturated carbocycles. The molecule has 2 heterocycles. The second-order valence-electron chi connectivity index (χ2n) is 11.8. The molecular formula is C30H34Cl2N4O3. The van der Waals surface area contributed by atoms with Crippen LogP contribution in [0.1, 0.15) is 63.6 Å². The highest BCUT2D eigenvalue weighted by atomic mass is 35.5. The van der Waals surface area contributed by atoms with Gasteiger partial charge in [0.2, 0.25) is 11.8 Å². The molecule has 0 aromatic heterocycles. The lowest BCUT2D eigenvalue weighted by Crippen LogP contribution is -2.47. The van der Waals surface area contributed by atoms with E-state index in [1.807, 2.05) is 24.3 Å². The summed E-state index contributed by atoms with van der Waals surface area (Å²) in [7, 11) is 0. The highest BCUT2D eigenvalue weighted by Gasteiger charge is 2.47. The van der Waals surface area contributed by atoms with E-state index in [4.69, 9.17) is 33.9 Å². The van der Waals surface area contributed by atoms with Gasteiger partial charge < -0.3 is 10.6 Å². The van der Waals surface area contributed by atoms with Crippen LogP contribution in [-0.4, -0.2) is 41.3 Å². The van der Waals surface area contributed by atoms with Crippen molar-refractivity contribution in [3.05, 3.63) is 57.6 Å². The lowest BCUT2D eigenvalue weighted by atomic mass is 9.68. The number of hydrogen-bond acceptors (Lipinski definition) is 5. The van der Waals surface area contributed by atoms with Crippen molar-refractivity contribution < 1.29 is 14.4 Å². The number of rotatable bonds is 4. The Labute approximate surface area is 239 Å². The van der Waals surface area contributed by atoms with E-state index in [1.54, 1.807) is 17.0 Å². The van der Waals surface area contributed by atoms with E-state index in [0.717, 1.165) is 37.2 Å². The van der Waals surface area contributed by atoms with Gasteiger partial charge in [0, 0.05) is 41.6 Å². The maximum Gasteiger partial charge on any atom is 0.224 e. The average Bonchev–Trinajstić information content (AvgIpc) is 2.97. The van der Waals surface area contributed by atoms with Crippen molar-refractivity contribution in [1.29, 1.82) is 0 Å². The topological polar surface area (TPSA) is 96.1 Å². The summed E-state index contributed by atoms with van der Waals surface area (Å²) in [4.78, 5) is 47.7. The number of carbonyl (C=O) groups excluding carboxylic acids is 3. The first-order chi connectivity index (χ1) is 18.4. The zero-order chi connectivity index (χ0) is 28.1. The number of primary amides is 1. The van der Waals surface area contributed by atoms with Crippen LogP contribution in [-0.2, 0) is 20.9 Å². The Bertz CT molecular complexity index is 1360. The minimum Gasteiger partial charge on any atom is -0.369 e. The molecule has 206 valence electrons. The maximum atomic E-state index is 13.8. The number of amides is 2. The molecule has 2 N–H and O–H groups in total. The van der Waals surface area contributed by atoms with Crippen LogP contribution in [0, 0.1) is 17.3 Å². The fraction of sp³-hybridized carbons (Fsp3) is 0.467. The van der Waals surface area contributed by atoms with Gasteiger partial charge in [0.25, 0.3) is 0 Å². The molecule has 2 amide bonds. The maximum absolute atomic E-state index is 13.8. The number of carbonyl (C=O) groups is 3. The third-order valence-corrected chi connectivity index (χ3v) is 8.75. The van der Waals surface area contributed by atoms with Gasteiger partial charge in [0.1, 0.15) is 5.78 Å². The Balaban J connectivity index is 1.58. The first-order valence-electron chi connectivity index (χ1n) is 13.4. The van der Waals surface area contributed by atoms with Crippen molar-refractivity contribution in [2.24, 2.45) is 28.0 Å². The van der Waals surface area contributed by atoms with Crippen LogP contribution in [0.5, 0.6) is 0 Å². The molecule has 2 atom stereocenters. The van der Waals surface area contributed by atoms with Crippen molar-refractivity contribution in [3.63, 3.8) is 0 Å². The predicted octanol–water partition coefficient (Wildman–Crippen LogP) is 5.88. The highest BCUT2D eigenvalue weighted by Crippen LogP contribution is 2.49. The molecule has 0 bridgehead atoms. The van der Waals surface area contributed by atoms with Gasteiger partial charge in [0.15, 0.2) is 0 Å². The Morgan fingerprint density at radius 1 is 1.08 bits per heavy atom. The van der Waals surface area contributed by atoms with Crippen LogP contribution in [0.2, 0.25) is 10.0 Å². The molecule has 2 unspecified atom stereocenters. The van der Waals surface area contributed by atoms with Crippen molar-refractivity contribution >= 4 is 57.9 Å². The largest absolute Gasteiger partial charge is 0.369 e. The summed E-state index contributed by atoms with van der Waals surface area (Å²) in [5.74, 6) is -1.04. The summed E-state index contributed by atoms with van der Waals surface area (Å²) < 4.78 is 0. The monoisotopic (exact) mass is 568 g/mol. The number of nitrogens with zero attached hydrogens (tertiary/aromatic N) is 3.